The fourth-order valence-corrected chi connectivity index (χ4v) is 1.99. The standard InChI is InChI=1S/C12H12N4O4/c1-7-13-8(2)15(14-7)6-9-4-3-5-10(16(19)20)11(9)12(17)18/h3-5H,6H2,1-2H3,(H,17,18). The van der Waals surface area contributed by atoms with Crippen molar-refractivity contribution >= 4 is 11.7 Å². The monoisotopic (exact) mass is 276 g/mol. The summed E-state index contributed by atoms with van der Waals surface area (Å²) in [6.45, 7) is 3.57. The van der Waals surface area contributed by atoms with Gasteiger partial charge in [-0.1, -0.05) is 12.1 Å². The highest BCUT2D eigenvalue weighted by Crippen LogP contribution is 2.23. The molecule has 1 aromatic carbocycles. The second-order valence-electron chi connectivity index (χ2n) is 4.24. The minimum Gasteiger partial charge on any atom is -0.477 e. The first-order chi connectivity index (χ1) is 9.40. The lowest BCUT2D eigenvalue weighted by Gasteiger charge is -2.07. The zero-order valence-electron chi connectivity index (χ0n) is 10.9. The zero-order chi connectivity index (χ0) is 14.9. The van der Waals surface area contributed by atoms with Crippen LogP contribution < -0.4 is 0 Å². The Morgan fingerprint density at radius 3 is 2.65 bits per heavy atom. The lowest BCUT2D eigenvalue weighted by Crippen LogP contribution is -2.12. The number of benzene rings is 1. The summed E-state index contributed by atoms with van der Waals surface area (Å²) in [4.78, 5) is 25.6. The van der Waals surface area contributed by atoms with E-state index in [4.69, 9.17) is 0 Å². The maximum absolute atomic E-state index is 11.3. The first-order valence-electron chi connectivity index (χ1n) is 5.77. The molecule has 0 aliphatic rings. The van der Waals surface area contributed by atoms with Crippen LogP contribution in [-0.4, -0.2) is 30.8 Å². The smallest absolute Gasteiger partial charge is 0.343 e. The molecule has 2 aromatic rings. The van der Waals surface area contributed by atoms with Gasteiger partial charge >= 0.3 is 5.97 Å². The van der Waals surface area contributed by atoms with Crippen LogP contribution in [0.2, 0.25) is 0 Å². The summed E-state index contributed by atoms with van der Waals surface area (Å²) in [5, 5.41) is 24.2. The number of hydrogen-bond donors (Lipinski definition) is 1. The Labute approximate surface area is 113 Å². The molecule has 0 aliphatic carbocycles. The molecule has 0 atom stereocenters. The molecule has 0 radical (unpaired) electrons. The Hall–Kier alpha value is -2.77. The Bertz CT molecular complexity index is 693. The second kappa shape index (κ2) is 5.08. The molecule has 1 N–H and O–H groups in total. The van der Waals surface area contributed by atoms with E-state index in [2.05, 4.69) is 10.1 Å². The number of aromatic carboxylic acids is 1. The van der Waals surface area contributed by atoms with E-state index in [0.29, 0.717) is 17.2 Å². The molecule has 0 saturated heterocycles. The highest BCUT2D eigenvalue weighted by Gasteiger charge is 2.23. The number of nitro benzene ring substituents is 1. The van der Waals surface area contributed by atoms with Gasteiger partial charge in [-0.25, -0.2) is 14.5 Å². The zero-order valence-corrected chi connectivity index (χ0v) is 10.9. The number of carboxylic acids is 1. The van der Waals surface area contributed by atoms with Crippen molar-refractivity contribution in [3.05, 3.63) is 51.1 Å². The Morgan fingerprint density at radius 1 is 1.45 bits per heavy atom. The highest BCUT2D eigenvalue weighted by molar-refractivity contribution is 5.94. The molecule has 1 aromatic heterocycles. The maximum Gasteiger partial charge on any atom is 0.343 e. The van der Waals surface area contributed by atoms with Gasteiger partial charge in [0.25, 0.3) is 5.69 Å². The van der Waals surface area contributed by atoms with E-state index >= 15 is 0 Å². The third-order valence-electron chi connectivity index (χ3n) is 2.82. The fourth-order valence-electron chi connectivity index (χ4n) is 1.99. The number of aryl methyl sites for hydroxylation is 2. The second-order valence-corrected chi connectivity index (χ2v) is 4.24. The van der Waals surface area contributed by atoms with Gasteiger partial charge in [-0.2, -0.15) is 5.10 Å². The van der Waals surface area contributed by atoms with Gasteiger partial charge < -0.3 is 5.11 Å². The summed E-state index contributed by atoms with van der Waals surface area (Å²) in [5.74, 6) is -0.156. The molecule has 0 fully saturated rings. The van der Waals surface area contributed by atoms with E-state index in [1.54, 1.807) is 13.8 Å². The Balaban J connectivity index is 2.51. The van der Waals surface area contributed by atoms with Crippen molar-refractivity contribution in [2.45, 2.75) is 20.4 Å². The molecular weight excluding hydrogens is 264 g/mol. The number of carbonyl (C=O) groups is 1. The molecule has 20 heavy (non-hydrogen) atoms. The number of nitro groups is 1. The molecule has 8 heteroatoms. The van der Waals surface area contributed by atoms with Crippen molar-refractivity contribution in [3.63, 3.8) is 0 Å². The molecule has 0 amide bonds. The molecule has 0 spiro atoms. The number of hydrogen-bond acceptors (Lipinski definition) is 5. The summed E-state index contributed by atoms with van der Waals surface area (Å²) in [6, 6.07) is 4.17. The lowest BCUT2D eigenvalue weighted by molar-refractivity contribution is -0.385. The first-order valence-corrected chi connectivity index (χ1v) is 5.77. The van der Waals surface area contributed by atoms with E-state index in [9.17, 15) is 20.0 Å². The quantitative estimate of drug-likeness (QED) is 0.669. The number of aromatic nitrogens is 3. The van der Waals surface area contributed by atoms with Crippen LogP contribution >= 0.6 is 0 Å². The van der Waals surface area contributed by atoms with Crippen LogP contribution in [-0.2, 0) is 6.54 Å². The largest absolute Gasteiger partial charge is 0.477 e. The van der Waals surface area contributed by atoms with Gasteiger partial charge in [-0.05, 0) is 19.4 Å². The highest BCUT2D eigenvalue weighted by atomic mass is 16.6. The minimum absolute atomic E-state index is 0.121. The summed E-state index contributed by atoms with van der Waals surface area (Å²) in [7, 11) is 0. The topological polar surface area (TPSA) is 111 Å². The lowest BCUT2D eigenvalue weighted by atomic mass is 10.1. The van der Waals surface area contributed by atoms with Gasteiger partial charge in [-0.15, -0.1) is 0 Å². The van der Waals surface area contributed by atoms with Gasteiger partial charge in [0.1, 0.15) is 17.2 Å². The average molecular weight is 276 g/mol. The van der Waals surface area contributed by atoms with Crippen LogP contribution in [0.25, 0.3) is 0 Å². The maximum atomic E-state index is 11.3. The number of carboxylic acid groups (broad SMARTS) is 1. The van der Waals surface area contributed by atoms with Crippen molar-refractivity contribution in [2.75, 3.05) is 0 Å². The predicted octanol–water partition coefficient (Wildman–Crippen LogP) is 1.55. The molecule has 0 unspecified atom stereocenters. The van der Waals surface area contributed by atoms with E-state index < -0.39 is 16.6 Å². The molecule has 1 heterocycles. The first kappa shape index (κ1) is 13.7. The third-order valence-corrected chi connectivity index (χ3v) is 2.82. The average Bonchev–Trinajstić information content (AvgIpc) is 2.67. The normalized spacial score (nSPS) is 10.5. The van der Waals surface area contributed by atoms with Crippen LogP contribution in [0, 0.1) is 24.0 Å². The molecule has 2 rings (SSSR count). The summed E-state index contributed by atoms with van der Waals surface area (Å²) >= 11 is 0. The van der Waals surface area contributed by atoms with Gasteiger partial charge in [0.2, 0.25) is 0 Å². The van der Waals surface area contributed by atoms with E-state index in [0.717, 1.165) is 0 Å². The summed E-state index contributed by atoms with van der Waals surface area (Å²) in [5.41, 5.74) is -0.422. The Kier molecular flexibility index (Phi) is 3.47. The number of nitrogens with zero attached hydrogens (tertiary/aromatic N) is 4. The molecule has 8 nitrogen and oxygen atoms in total. The summed E-state index contributed by atoms with van der Waals surface area (Å²) in [6.07, 6.45) is 0. The SMILES string of the molecule is Cc1nc(C)n(Cc2cccc([N+](=O)[O-])c2C(=O)O)n1. The van der Waals surface area contributed by atoms with Crippen LogP contribution in [0.5, 0.6) is 0 Å². The van der Waals surface area contributed by atoms with Gasteiger partial charge in [0.15, 0.2) is 0 Å². The number of rotatable bonds is 4. The van der Waals surface area contributed by atoms with Crippen LogP contribution in [0.4, 0.5) is 5.69 Å². The van der Waals surface area contributed by atoms with Crippen LogP contribution in [0.1, 0.15) is 27.6 Å². The molecule has 0 bridgehead atoms. The van der Waals surface area contributed by atoms with Crippen molar-refractivity contribution in [1.29, 1.82) is 0 Å². The van der Waals surface area contributed by atoms with Gasteiger partial charge in [0.05, 0.1) is 11.5 Å². The predicted molar refractivity (Wildman–Crippen MR) is 68.7 cm³/mol. The van der Waals surface area contributed by atoms with Crippen molar-refractivity contribution in [1.82, 2.24) is 14.8 Å². The molecule has 0 saturated carbocycles. The summed E-state index contributed by atoms with van der Waals surface area (Å²) < 4.78 is 1.51. The van der Waals surface area contributed by atoms with E-state index in [1.165, 1.54) is 22.9 Å². The Morgan fingerprint density at radius 2 is 2.15 bits per heavy atom. The minimum atomic E-state index is -1.33. The molecule has 0 aliphatic heterocycles. The molecular formula is C12H12N4O4. The van der Waals surface area contributed by atoms with Gasteiger partial charge in [-0.3, -0.25) is 10.1 Å². The van der Waals surface area contributed by atoms with Crippen molar-refractivity contribution in [3.8, 4) is 0 Å². The van der Waals surface area contributed by atoms with Crippen molar-refractivity contribution < 1.29 is 14.8 Å². The van der Waals surface area contributed by atoms with Crippen LogP contribution in [0.15, 0.2) is 18.2 Å². The third kappa shape index (κ3) is 2.48. The molecule has 104 valence electrons. The van der Waals surface area contributed by atoms with Gasteiger partial charge in [0, 0.05) is 6.07 Å². The van der Waals surface area contributed by atoms with Crippen LogP contribution in [0.3, 0.4) is 0 Å². The van der Waals surface area contributed by atoms with Crippen molar-refractivity contribution in [2.24, 2.45) is 0 Å². The fraction of sp³-hybridized carbons (Fsp3) is 0.250. The van der Waals surface area contributed by atoms with E-state index in [-0.39, 0.29) is 12.1 Å². The van der Waals surface area contributed by atoms with E-state index in [1.807, 2.05) is 0 Å².